The third kappa shape index (κ3) is 3.00. The molecule has 0 saturated carbocycles. The van der Waals surface area contributed by atoms with Crippen LogP contribution in [0.3, 0.4) is 0 Å². The molecule has 0 radical (unpaired) electrons. The van der Waals surface area contributed by atoms with Crippen molar-refractivity contribution in [2.45, 2.75) is 33.2 Å². The minimum absolute atomic E-state index is 0.114. The third-order valence-electron chi connectivity index (χ3n) is 2.43. The van der Waals surface area contributed by atoms with E-state index in [0.717, 1.165) is 16.6 Å². The van der Waals surface area contributed by atoms with Crippen LogP contribution in [0.1, 0.15) is 24.5 Å². The third-order valence-corrected chi connectivity index (χ3v) is 2.88. The van der Waals surface area contributed by atoms with Crippen LogP contribution in [-0.2, 0) is 0 Å². The normalized spacial score (nSPS) is 11.9. The van der Waals surface area contributed by atoms with Crippen LogP contribution < -0.4 is 5.32 Å². The van der Waals surface area contributed by atoms with E-state index in [1.54, 1.807) is 0 Å². The fourth-order valence-electron chi connectivity index (χ4n) is 1.57. The first kappa shape index (κ1) is 12.1. The standard InChI is InChI=1S/C13H16BrN/c1-5-12(6-2)15-13-9(3)7-11(14)8-10(13)4/h1,7-8,12,15H,6H2,2-4H3. The second-order valence-corrected chi connectivity index (χ2v) is 4.60. The SMILES string of the molecule is C#CC(CC)Nc1c(C)cc(Br)cc1C. The number of hydrogen-bond donors (Lipinski definition) is 1. The molecular weight excluding hydrogens is 250 g/mol. The predicted octanol–water partition coefficient (Wildman–Crippen LogP) is 3.89. The van der Waals surface area contributed by atoms with Gasteiger partial charge in [-0.05, 0) is 43.5 Å². The van der Waals surface area contributed by atoms with Gasteiger partial charge in [-0.3, -0.25) is 0 Å². The maximum Gasteiger partial charge on any atom is 0.0871 e. The van der Waals surface area contributed by atoms with Crippen molar-refractivity contribution in [2.75, 3.05) is 5.32 Å². The number of halogens is 1. The summed E-state index contributed by atoms with van der Waals surface area (Å²) in [6.45, 7) is 6.26. The zero-order valence-corrected chi connectivity index (χ0v) is 11.0. The summed E-state index contributed by atoms with van der Waals surface area (Å²) in [5.74, 6) is 2.75. The summed E-state index contributed by atoms with van der Waals surface area (Å²) in [4.78, 5) is 0. The monoisotopic (exact) mass is 265 g/mol. The van der Waals surface area contributed by atoms with E-state index in [4.69, 9.17) is 6.42 Å². The maximum atomic E-state index is 5.44. The molecule has 0 spiro atoms. The smallest absolute Gasteiger partial charge is 0.0871 e. The van der Waals surface area contributed by atoms with Crippen molar-refractivity contribution in [1.29, 1.82) is 0 Å². The van der Waals surface area contributed by atoms with Crippen molar-refractivity contribution in [3.8, 4) is 12.3 Å². The van der Waals surface area contributed by atoms with E-state index in [9.17, 15) is 0 Å². The predicted molar refractivity (Wildman–Crippen MR) is 70.2 cm³/mol. The van der Waals surface area contributed by atoms with Crippen LogP contribution in [0.15, 0.2) is 16.6 Å². The van der Waals surface area contributed by atoms with Crippen molar-refractivity contribution in [3.05, 3.63) is 27.7 Å². The van der Waals surface area contributed by atoms with Crippen LogP contribution >= 0.6 is 15.9 Å². The lowest BCUT2D eigenvalue weighted by Gasteiger charge is -2.17. The van der Waals surface area contributed by atoms with Gasteiger partial charge in [0.25, 0.3) is 0 Å². The maximum absolute atomic E-state index is 5.44. The van der Waals surface area contributed by atoms with Gasteiger partial charge in [-0.1, -0.05) is 28.8 Å². The average molecular weight is 266 g/mol. The van der Waals surface area contributed by atoms with Crippen molar-refractivity contribution in [1.82, 2.24) is 0 Å². The molecule has 0 aromatic heterocycles. The van der Waals surface area contributed by atoms with Crippen LogP contribution in [0.2, 0.25) is 0 Å². The molecule has 1 atom stereocenters. The molecule has 2 heteroatoms. The van der Waals surface area contributed by atoms with Crippen LogP contribution in [0.4, 0.5) is 5.69 Å². The van der Waals surface area contributed by atoms with E-state index >= 15 is 0 Å². The quantitative estimate of drug-likeness (QED) is 0.818. The minimum atomic E-state index is 0.114. The van der Waals surface area contributed by atoms with Crippen molar-refractivity contribution in [3.63, 3.8) is 0 Å². The molecule has 0 aliphatic rings. The molecule has 80 valence electrons. The molecule has 0 heterocycles. The fraction of sp³-hybridized carbons (Fsp3) is 0.385. The molecule has 1 unspecified atom stereocenters. The first-order valence-electron chi connectivity index (χ1n) is 5.08. The molecular formula is C13H16BrN. The molecule has 1 N–H and O–H groups in total. The molecule has 15 heavy (non-hydrogen) atoms. The molecule has 0 saturated heterocycles. The summed E-state index contributed by atoms with van der Waals surface area (Å²) < 4.78 is 1.11. The van der Waals surface area contributed by atoms with E-state index in [-0.39, 0.29) is 6.04 Å². The number of nitrogens with one attached hydrogen (secondary N) is 1. The van der Waals surface area contributed by atoms with Gasteiger partial charge in [-0.15, -0.1) is 6.42 Å². The van der Waals surface area contributed by atoms with Crippen molar-refractivity contribution in [2.24, 2.45) is 0 Å². The molecule has 1 aromatic carbocycles. The van der Waals surface area contributed by atoms with Crippen LogP contribution in [0, 0.1) is 26.2 Å². The van der Waals surface area contributed by atoms with Gasteiger partial charge in [0.2, 0.25) is 0 Å². The Morgan fingerprint density at radius 1 is 1.40 bits per heavy atom. The lowest BCUT2D eigenvalue weighted by Crippen LogP contribution is -2.17. The highest BCUT2D eigenvalue weighted by atomic mass is 79.9. The van der Waals surface area contributed by atoms with E-state index in [2.05, 4.69) is 60.1 Å². The van der Waals surface area contributed by atoms with E-state index in [1.165, 1.54) is 11.1 Å². The number of rotatable bonds is 3. The van der Waals surface area contributed by atoms with Gasteiger partial charge in [-0.2, -0.15) is 0 Å². The van der Waals surface area contributed by atoms with Crippen molar-refractivity contribution >= 4 is 21.6 Å². The fourth-order valence-corrected chi connectivity index (χ4v) is 2.26. The molecule has 0 bridgehead atoms. The van der Waals surface area contributed by atoms with Crippen LogP contribution in [0.25, 0.3) is 0 Å². The minimum Gasteiger partial charge on any atom is -0.371 e. The van der Waals surface area contributed by atoms with Gasteiger partial charge in [0.15, 0.2) is 0 Å². The molecule has 1 rings (SSSR count). The van der Waals surface area contributed by atoms with Crippen molar-refractivity contribution < 1.29 is 0 Å². The van der Waals surface area contributed by atoms with Gasteiger partial charge in [0.05, 0.1) is 6.04 Å². The lowest BCUT2D eigenvalue weighted by molar-refractivity contribution is 0.854. The molecule has 1 aromatic rings. The topological polar surface area (TPSA) is 12.0 Å². The first-order chi connectivity index (χ1) is 7.08. The van der Waals surface area contributed by atoms with Gasteiger partial charge in [-0.25, -0.2) is 0 Å². The molecule has 0 aliphatic carbocycles. The average Bonchev–Trinajstić information content (AvgIpc) is 2.17. The highest BCUT2D eigenvalue weighted by molar-refractivity contribution is 9.10. The summed E-state index contributed by atoms with van der Waals surface area (Å²) >= 11 is 3.48. The Bertz CT molecular complexity index is 367. The molecule has 1 nitrogen and oxygen atoms in total. The van der Waals surface area contributed by atoms with Crippen LogP contribution in [0.5, 0.6) is 0 Å². The number of benzene rings is 1. The Balaban J connectivity index is 3.00. The molecule has 0 fully saturated rings. The summed E-state index contributed by atoms with van der Waals surface area (Å²) in [6.07, 6.45) is 6.38. The summed E-state index contributed by atoms with van der Waals surface area (Å²) in [5, 5.41) is 3.39. The molecule has 0 amide bonds. The van der Waals surface area contributed by atoms with Crippen LogP contribution in [-0.4, -0.2) is 6.04 Å². The second-order valence-electron chi connectivity index (χ2n) is 3.69. The Labute approximate surface area is 100 Å². The second kappa shape index (κ2) is 5.23. The number of aryl methyl sites for hydroxylation is 2. The Kier molecular flexibility index (Phi) is 4.23. The zero-order chi connectivity index (χ0) is 11.4. The Morgan fingerprint density at radius 3 is 2.33 bits per heavy atom. The zero-order valence-electron chi connectivity index (χ0n) is 9.39. The highest BCUT2D eigenvalue weighted by Crippen LogP contribution is 2.25. The number of hydrogen-bond acceptors (Lipinski definition) is 1. The lowest BCUT2D eigenvalue weighted by atomic mass is 10.1. The summed E-state index contributed by atoms with van der Waals surface area (Å²) in [6, 6.07) is 4.31. The van der Waals surface area contributed by atoms with Gasteiger partial charge < -0.3 is 5.32 Å². The summed E-state index contributed by atoms with van der Waals surface area (Å²) in [5.41, 5.74) is 3.59. The first-order valence-corrected chi connectivity index (χ1v) is 5.87. The number of terminal acetylenes is 1. The summed E-state index contributed by atoms with van der Waals surface area (Å²) in [7, 11) is 0. The highest BCUT2D eigenvalue weighted by Gasteiger charge is 2.07. The van der Waals surface area contributed by atoms with Gasteiger partial charge >= 0.3 is 0 Å². The largest absolute Gasteiger partial charge is 0.371 e. The molecule has 0 aliphatic heterocycles. The Hall–Kier alpha value is -0.940. The van der Waals surface area contributed by atoms with E-state index in [0.29, 0.717) is 0 Å². The number of anilines is 1. The van der Waals surface area contributed by atoms with Gasteiger partial charge in [0.1, 0.15) is 0 Å². The van der Waals surface area contributed by atoms with Gasteiger partial charge in [0, 0.05) is 10.2 Å². The van der Waals surface area contributed by atoms with E-state index < -0.39 is 0 Å². The van der Waals surface area contributed by atoms with E-state index in [1.807, 2.05) is 0 Å². The Morgan fingerprint density at radius 2 is 1.93 bits per heavy atom.